The highest BCUT2D eigenvalue weighted by Gasteiger charge is 2.43. The maximum atomic E-state index is 14.9. The van der Waals surface area contributed by atoms with Crippen LogP contribution in [0.5, 0.6) is 0 Å². The van der Waals surface area contributed by atoms with Crippen LogP contribution >= 0.6 is 11.8 Å². The standard InChI is InChI=1S/C39H37N3O2S/c1-27-15-9-12-22-32(27)42-37(44)34-36(31-21-11-10-20-30(31)25-39(34)23-13-4-14-24-39)41-38(42)45-26-33(43)40-35(28-16-5-2-6-17-28)29-18-7-3-8-19-29/h2-3,5-12,15-22,35H,4,13-14,23-26H2,1H3,(H,40,43). The highest BCUT2D eigenvalue weighted by molar-refractivity contribution is 7.99. The van der Waals surface area contributed by atoms with Gasteiger partial charge in [0.2, 0.25) is 5.91 Å². The monoisotopic (exact) mass is 611 g/mol. The van der Waals surface area contributed by atoms with E-state index in [-0.39, 0.29) is 28.7 Å². The summed E-state index contributed by atoms with van der Waals surface area (Å²) < 4.78 is 1.78. The average molecular weight is 612 g/mol. The Hall–Kier alpha value is -4.42. The van der Waals surface area contributed by atoms with Gasteiger partial charge in [-0.25, -0.2) is 4.98 Å². The van der Waals surface area contributed by atoms with Gasteiger partial charge in [-0.1, -0.05) is 134 Å². The van der Waals surface area contributed by atoms with Crippen LogP contribution in [0.1, 0.15) is 66.0 Å². The van der Waals surface area contributed by atoms with E-state index in [9.17, 15) is 9.59 Å². The van der Waals surface area contributed by atoms with Crippen LogP contribution in [0, 0.1) is 6.92 Å². The zero-order valence-corrected chi connectivity index (χ0v) is 26.4. The minimum atomic E-state index is -0.284. The number of para-hydroxylation sites is 1. The van der Waals surface area contributed by atoms with Crippen LogP contribution in [0.25, 0.3) is 16.9 Å². The minimum Gasteiger partial charge on any atom is -0.344 e. The zero-order valence-electron chi connectivity index (χ0n) is 25.5. The van der Waals surface area contributed by atoms with Gasteiger partial charge in [0.15, 0.2) is 5.16 Å². The predicted octanol–water partition coefficient (Wildman–Crippen LogP) is 7.96. The van der Waals surface area contributed by atoms with Crippen molar-refractivity contribution in [1.82, 2.24) is 14.9 Å². The van der Waals surface area contributed by atoms with Crippen molar-refractivity contribution in [2.24, 2.45) is 0 Å². The van der Waals surface area contributed by atoms with E-state index >= 15 is 0 Å². The van der Waals surface area contributed by atoms with Crippen molar-refractivity contribution >= 4 is 17.7 Å². The van der Waals surface area contributed by atoms with Gasteiger partial charge in [-0.15, -0.1) is 0 Å². The number of hydrogen-bond donors (Lipinski definition) is 1. The molecule has 2 aliphatic rings. The Labute approximate surface area is 268 Å². The Kier molecular flexibility index (Phi) is 8.16. The summed E-state index contributed by atoms with van der Waals surface area (Å²) in [5, 5.41) is 3.80. The molecule has 0 aliphatic heterocycles. The van der Waals surface area contributed by atoms with Crippen LogP contribution in [-0.4, -0.2) is 21.2 Å². The van der Waals surface area contributed by atoms with E-state index in [2.05, 4.69) is 23.5 Å². The molecule has 1 aromatic heterocycles. The first kappa shape index (κ1) is 29.3. The molecule has 1 saturated carbocycles. The lowest BCUT2D eigenvalue weighted by molar-refractivity contribution is -0.119. The van der Waals surface area contributed by atoms with Gasteiger partial charge in [-0.05, 0) is 54.5 Å². The molecule has 2 aliphatic carbocycles. The fourth-order valence-electron chi connectivity index (χ4n) is 7.29. The molecule has 1 fully saturated rings. The molecule has 226 valence electrons. The summed E-state index contributed by atoms with van der Waals surface area (Å²) in [7, 11) is 0. The molecule has 5 nitrogen and oxygen atoms in total. The third-order valence-corrected chi connectivity index (χ3v) is 10.4. The Morgan fingerprint density at radius 3 is 2.16 bits per heavy atom. The van der Waals surface area contributed by atoms with Crippen molar-refractivity contribution < 1.29 is 4.79 Å². The van der Waals surface area contributed by atoms with E-state index in [0.29, 0.717) is 5.16 Å². The molecule has 0 atom stereocenters. The number of benzene rings is 4. The Morgan fingerprint density at radius 2 is 1.47 bits per heavy atom. The number of aromatic nitrogens is 2. The molecule has 4 aromatic carbocycles. The number of thioether (sulfide) groups is 1. The van der Waals surface area contributed by atoms with Crippen molar-refractivity contribution in [1.29, 1.82) is 0 Å². The summed E-state index contributed by atoms with van der Waals surface area (Å²) in [5.74, 6) is 0.00484. The largest absolute Gasteiger partial charge is 0.344 e. The summed E-state index contributed by atoms with van der Waals surface area (Å²) >= 11 is 1.33. The van der Waals surface area contributed by atoms with E-state index in [1.807, 2.05) is 97.9 Å². The average Bonchev–Trinajstić information content (AvgIpc) is 3.08. The highest BCUT2D eigenvalue weighted by Crippen LogP contribution is 2.49. The fraction of sp³-hybridized carbons (Fsp3) is 0.256. The second-order valence-electron chi connectivity index (χ2n) is 12.3. The molecule has 1 heterocycles. The first-order chi connectivity index (χ1) is 22.0. The number of rotatable bonds is 7. The predicted molar refractivity (Wildman–Crippen MR) is 182 cm³/mol. The molecule has 0 radical (unpaired) electrons. The normalized spacial score (nSPS) is 15.0. The van der Waals surface area contributed by atoms with Crippen molar-refractivity contribution in [3.63, 3.8) is 0 Å². The molecule has 1 N–H and O–H groups in total. The van der Waals surface area contributed by atoms with Gasteiger partial charge in [0, 0.05) is 11.0 Å². The van der Waals surface area contributed by atoms with Crippen LogP contribution in [0.15, 0.2) is 119 Å². The Bertz CT molecular complexity index is 1860. The van der Waals surface area contributed by atoms with E-state index in [1.54, 1.807) is 4.57 Å². The number of amides is 1. The summed E-state index contributed by atoms with van der Waals surface area (Å²) in [5.41, 5.74) is 7.57. The summed E-state index contributed by atoms with van der Waals surface area (Å²) in [6.07, 6.45) is 6.30. The van der Waals surface area contributed by atoms with Crippen molar-refractivity contribution in [2.45, 2.75) is 62.1 Å². The van der Waals surface area contributed by atoms with Crippen LogP contribution in [0.3, 0.4) is 0 Å². The first-order valence-corrected chi connectivity index (χ1v) is 16.9. The van der Waals surface area contributed by atoms with E-state index in [4.69, 9.17) is 4.98 Å². The number of carbonyl (C=O) groups is 1. The van der Waals surface area contributed by atoms with Crippen molar-refractivity contribution in [3.8, 4) is 16.9 Å². The number of carbonyl (C=O) groups excluding carboxylic acids is 1. The smallest absolute Gasteiger partial charge is 0.263 e. The number of nitrogens with one attached hydrogen (secondary N) is 1. The minimum absolute atomic E-state index is 0.0000545. The van der Waals surface area contributed by atoms with E-state index in [0.717, 1.165) is 71.3 Å². The lowest BCUT2D eigenvalue weighted by atomic mass is 9.62. The first-order valence-electron chi connectivity index (χ1n) is 15.9. The van der Waals surface area contributed by atoms with E-state index < -0.39 is 0 Å². The third-order valence-electron chi connectivity index (χ3n) is 9.45. The lowest BCUT2D eigenvalue weighted by Gasteiger charge is -2.42. The number of hydrogen-bond acceptors (Lipinski definition) is 4. The van der Waals surface area contributed by atoms with Crippen molar-refractivity contribution in [3.05, 3.63) is 147 Å². The van der Waals surface area contributed by atoms with Crippen LogP contribution in [-0.2, 0) is 16.6 Å². The van der Waals surface area contributed by atoms with Crippen LogP contribution < -0.4 is 10.9 Å². The SMILES string of the molecule is Cc1ccccc1-n1c(SCC(=O)NC(c2ccccc2)c2ccccc2)nc2c(c1=O)C1(CCCCC1)Cc1ccccc1-2. The number of nitrogens with zero attached hydrogens (tertiary/aromatic N) is 2. The molecule has 0 unspecified atom stereocenters. The maximum Gasteiger partial charge on any atom is 0.263 e. The molecule has 6 heteroatoms. The van der Waals surface area contributed by atoms with Gasteiger partial charge >= 0.3 is 0 Å². The molecule has 7 rings (SSSR count). The summed E-state index contributed by atoms with van der Waals surface area (Å²) in [4.78, 5) is 33.8. The van der Waals surface area contributed by atoms with Gasteiger partial charge in [0.1, 0.15) is 0 Å². The second kappa shape index (κ2) is 12.5. The summed E-state index contributed by atoms with van der Waals surface area (Å²) in [6.45, 7) is 2.03. The highest BCUT2D eigenvalue weighted by atomic mass is 32.2. The molecule has 45 heavy (non-hydrogen) atoms. The molecule has 0 bridgehead atoms. The van der Waals surface area contributed by atoms with Gasteiger partial charge in [0.05, 0.1) is 28.7 Å². The van der Waals surface area contributed by atoms with Crippen LogP contribution in [0.2, 0.25) is 0 Å². The molecule has 1 spiro atoms. The molecular formula is C39H37N3O2S. The van der Waals surface area contributed by atoms with Crippen LogP contribution in [0.4, 0.5) is 0 Å². The molecule has 1 amide bonds. The molecular weight excluding hydrogens is 575 g/mol. The third kappa shape index (κ3) is 5.64. The Morgan fingerprint density at radius 1 is 0.844 bits per heavy atom. The molecule has 0 saturated heterocycles. The van der Waals surface area contributed by atoms with Gasteiger partial charge < -0.3 is 5.32 Å². The molecule has 5 aromatic rings. The van der Waals surface area contributed by atoms with Gasteiger partial charge in [-0.2, -0.15) is 0 Å². The quantitative estimate of drug-likeness (QED) is 0.150. The Balaban J connectivity index is 1.30. The van der Waals surface area contributed by atoms with Crippen molar-refractivity contribution in [2.75, 3.05) is 5.75 Å². The zero-order chi connectivity index (χ0) is 30.8. The second-order valence-corrected chi connectivity index (χ2v) is 13.3. The lowest BCUT2D eigenvalue weighted by Crippen LogP contribution is -2.43. The topological polar surface area (TPSA) is 64.0 Å². The number of aryl methyl sites for hydroxylation is 1. The van der Waals surface area contributed by atoms with Gasteiger partial charge in [0.25, 0.3) is 5.56 Å². The van der Waals surface area contributed by atoms with Gasteiger partial charge in [-0.3, -0.25) is 14.2 Å². The summed E-state index contributed by atoms with van der Waals surface area (Å²) in [6, 6.07) is 36.1. The number of fused-ring (bicyclic) bond motifs is 4. The fourth-order valence-corrected chi connectivity index (χ4v) is 8.10. The maximum absolute atomic E-state index is 14.9. The van der Waals surface area contributed by atoms with E-state index in [1.165, 1.54) is 23.7 Å².